The van der Waals surface area contributed by atoms with Crippen LogP contribution >= 0.6 is 0 Å². The zero-order valence-corrected chi connectivity index (χ0v) is 10.8. The molecule has 0 radical (unpaired) electrons. The molecule has 0 bridgehead atoms. The summed E-state index contributed by atoms with van der Waals surface area (Å²) in [5, 5.41) is 10.9. The maximum Gasteiger partial charge on any atom is 0.320 e. The van der Waals surface area contributed by atoms with E-state index in [1.165, 1.54) is 0 Å². The number of hydrogen-bond donors (Lipinski definition) is 2. The number of methoxy groups -OCH3 is 1. The van der Waals surface area contributed by atoms with Crippen molar-refractivity contribution in [1.82, 2.24) is 0 Å². The highest BCUT2D eigenvalue weighted by Crippen LogP contribution is 2.29. The summed E-state index contributed by atoms with van der Waals surface area (Å²) in [5.74, 6) is -0.139. The van der Waals surface area contributed by atoms with E-state index in [1.807, 2.05) is 36.4 Å². The molecule has 2 aromatic carbocycles. The molecule has 0 aliphatic heterocycles. The number of fused-ring (bicyclic) bond motifs is 1. The fraction of sp³-hybridized carbons (Fsp3) is 0.267. The van der Waals surface area contributed by atoms with Crippen LogP contribution in [0.15, 0.2) is 36.4 Å². The summed E-state index contributed by atoms with van der Waals surface area (Å²) in [6.07, 6.45) is 1.06. The Morgan fingerprint density at radius 1 is 1.26 bits per heavy atom. The van der Waals surface area contributed by atoms with E-state index in [1.54, 1.807) is 7.11 Å². The first-order chi connectivity index (χ1) is 9.13. The summed E-state index contributed by atoms with van der Waals surface area (Å²) in [6, 6.07) is 11.0. The molecule has 1 atom stereocenters. The van der Waals surface area contributed by atoms with Gasteiger partial charge >= 0.3 is 5.97 Å². The Morgan fingerprint density at radius 2 is 1.95 bits per heavy atom. The SMILES string of the molecule is COc1ccc(CC[C@H](N)C(=O)O)c2ccccc12. The minimum Gasteiger partial charge on any atom is -0.496 e. The van der Waals surface area contributed by atoms with Crippen LogP contribution in [-0.4, -0.2) is 24.2 Å². The van der Waals surface area contributed by atoms with Crippen molar-refractivity contribution < 1.29 is 14.6 Å². The highest BCUT2D eigenvalue weighted by atomic mass is 16.5. The van der Waals surface area contributed by atoms with Crippen molar-refractivity contribution in [2.45, 2.75) is 18.9 Å². The molecule has 19 heavy (non-hydrogen) atoms. The fourth-order valence-corrected chi connectivity index (χ4v) is 2.16. The predicted octanol–water partition coefficient (Wildman–Crippen LogP) is 2.19. The lowest BCUT2D eigenvalue weighted by Gasteiger charge is -2.11. The summed E-state index contributed by atoms with van der Waals surface area (Å²) >= 11 is 0. The largest absolute Gasteiger partial charge is 0.496 e. The van der Waals surface area contributed by atoms with Gasteiger partial charge in [-0.25, -0.2) is 0 Å². The molecule has 0 heterocycles. The number of carboxylic acids is 1. The zero-order valence-electron chi connectivity index (χ0n) is 10.8. The van der Waals surface area contributed by atoms with Crippen molar-refractivity contribution in [1.29, 1.82) is 0 Å². The molecule has 0 saturated heterocycles. The normalized spacial score (nSPS) is 12.3. The lowest BCUT2D eigenvalue weighted by atomic mass is 9.98. The van der Waals surface area contributed by atoms with E-state index in [0.29, 0.717) is 12.8 Å². The first kappa shape index (κ1) is 13.4. The maximum absolute atomic E-state index is 10.7. The van der Waals surface area contributed by atoms with E-state index in [4.69, 9.17) is 15.6 Å². The number of aliphatic carboxylic acids is 1. The highest BCUT2D eigenvalue weighted by Gasteiger charge is 2.12. The van der Waals surface area contributed by atoms with E-state index in [-0.39, 0.29) is 0 Å². The number of carbonyl (C=O) groups is 1. The van der Waals surface area contributed by atoms with Crippen LogP contribution in [-0.2, 0) is 11.2 Å². The Balaban J connectivity index is 2.32. The fourth-order valence-electron chi connectivity index (χ4n) is 2.16. The molecule has 0 aliphatic rings. The van der Waals surface area contributed by atoms with Gasteiger partial charge in [0.05, 0.1) is 7.11 Å². The molecular weight excluding hydrogens is 242 g/mol. The molecule has 2 aromatic rings. The van der Waals surface area contributed by atoms with Crippen LogP contribution in [0.1, 0.15) is 12.0 Å². The monoisotopic (exact) mass is 259 g/mol. The predicted molar refractivity (Wildman–Crippen MR) is 74.4 cm³/mol. The van der Waals surface area contributed by atoms with E-state index in [9.17, 15) is 4.79 Å². The van der Waals surface area contributed by atoms with Gasteiger partial charge in [0.15, 0.2) is 0 Å². The van der Waals surface area contributed by atoms with Crippen molar-refractivity contribution in [3.05, 3.63) is 42.0 Å². The van der Waals surface area contributed by atoms with Crippen LogP contribution in [0, 0.1) is 0 Å². The number of aryl methyl sites for hydroxylation is 1. The van der Waals surface area contributed by atoms with E-state index < -0.39 is 12.0 Å². The van der Waals surface area contributed by atoms with Crippen molar-refractivity contribution in [2.75, 3.05) is 7.11 Å². The number of rotatable bonds is 5. The Labute approximate surface area is 111 Å². The molecule has 2 rings (SSSR count). The van der Waals surface area contributed by atoms with Crippen LogP contribution in [0.5, 0.6) is 5.75 Å². The lowest BCUT2D eigenvalue weighted by molar-refractivity contribution is -0.138. The summed E-state index contributed by atoms with van der Waals surface area (Å²) in [5.41, 5.74) is 6.63. The van der Waals surface area contributed by atoms with E-state index >= 15 is 0 Å². The Kier molecular flexibility index (Phi) is 4.02. The van der Waals surface area contributed by atoms with Crippen LogP contribution < -0.4 is 10.5 Å². The van der Waals surface area contributed by atoms with Crippen LogP contribution in [0.4, 0.5) is 0 Å². The van der Waals surface area contributed by atoms with Gasteiger partial charge in [-0.3, -0.25) is 4.79 Å². The van der Waals surface area contributed by atoms with Crippen molar-refractivity contribution in [2.24, 2.45) is 5.73 Å². The van der Waals surface area contributed by atoms with Gasteiger partial charge in [0.1, 0.15) is 11.8 Å². The number of carboxylic acid groups (broad SMARTS) is 1. The van der Waals surface area contributed by atoms with E-state index in [0.717, 1.165) is 22.1 Å². The van der Waals surface area contributed by atoms with E-state index in [2.05, 4.69) is 0 Å². The topological polar surface area (TPSA) is 72.5 Å². The van der Waals surface area contributed by atoms with Gasteiger partial charge in [0, 0.05) is 5.39 Å². The van der Waals surface area contributed by atoms with Gasteiger partial charge in [0.25, 0.3) is 0 Å². The first-order valence-corrected chi connectivity index (χ1v) is 6.16. The number of hydrogen-bond acceptors (Lipinski definition) is 3. The molecule has 100 valence electrons. The molecule has 0 amide bonds. The molecule has 0 spiro atoms. The zero-order chi connectivity index (χ0) is 13.8. The van der Waals surface area contributed by atoms with Crippen LogP contribution in [0.3, 0.4) is 0 Å². The van der Waals surface area contributed by atoms with Crippen molar-refractivity contribution in [3.63, 3.8) is 0 Å². The Morgan fingerprint density at radius 3 is 2.58 bits per heavy atom. The summed E-state index contributed by atoms with van der Waals surface area (Å²) in [7, 11) is 1.64. The molecule has 0 fully saturated rings. The van der Waals surface area contributed by atoms with Crippen molar-refractivity contribution >= 4 is 16.7 Å². The van der Waals surface area contributed by atoms with Gasteiger partial charge in [-0.05, 0) is 29.9 Å². The van der Waals surface area contributed by atoms with Gasteiger partial charge in [0.2, 0.25) is 0 Å². The molecule has 4 heteroatoms. The molecular formula is C15H17NO3. The Bertz CT molecular complexity index is 595. The maximum atomic E-state index is 10.7. The minimum absolute atomic E-state index is 0.422. The minimum atomic E-state index is -0.960. The average Bonchev–Trinajstić information content (AvgIpc) is 2.44. The second-order valence-corrected chi connectivity index (χ2v) is 4.46. The Hall–Kier alpha value is -2.07. The standard InChI is InChI=1S/C15H17NO3/c1-19-14-9-7-10(6-8-13(16)15(17)18)11-4-2-3-5-12(11)14/h2-5,7,9,13H,6,8,16H2,1H3,(H,17,18)/t13-/m0/s1. The van der Waals surface area contributed by atoms with Gasteiger partial charge in [-0.1, -0.05) is 30.3 Å². The second-order valence-electron chi connectivity index (χ2n) is 4.46. The third kappa shape index (κ3) is 2.85. The molecule has 0 aromatic heterocycles. The van der Waals surface area contributed by atoms with Crippen LogP contribution in [0.2, 0.25) is 0 Å². The summed E-state index contributed by atoms with van der Waals surface area (Å²) in [4.78, 5) is 10.7. The smallest absolute Gasteiger partial charge is 0.320 e. The van der Waals surface area contributed by atoms with Gasteiger partial charge in [-0.15, -0.1) is 0 Å². The third-order valence-corrected chi connectivity index (χ3v) is 3.24. The molecule has 0 unspecified atom stereocenters. The molecule has 0 saturated carbocycles. The number of nitrogens with two attached hydrogens (primary N) is 1. The molecule has 4 nitrogen and oxygen atoms in total. The lowest BCUT2D eigenvalue weighted by Crippen LogP contribution is -2.30. The molecule has 0 aliphatic carbocycles. The quantitative estimate of drug-likeness (QED) is 0.863. The van der Waals surface area contributed by atoms with Crippen molar-refractivity contribution in [3.8, 4) is 5.75 Å². The van der Waals surface area contributed by atoms with Gasteiger partial charge < -0.3 is 15.6 Å². The summed E-state index contributed by atoms with van der Waals surface area (Å²) in [6.45, 7) is 0. The molecule has 3 N–H and O–H groups in total. The first-order valence-electron chi connectivity index (χ1n) is 6.16. The third-order valence-electron chi connectivity index (χ3n) is 3.24. The highest BCUT2D eigenvalue weighted by molar-refractivity contribution is 5.91. The second kappa shape index (κ2) is 5.71. The van der Waals surface area contributed by atoms with Gasteiger partial charge in [-0.2, -0.15) is 0 Å². The number of ether oxygens (including phenoxy) is 1. The average molecular weight is 259 g/mol. The summed E-state index contributed by atoms with van der Waals surface area (Å²) < 4.78 is 5.33. The van der Waals surface area contributed by atoms with Crippen LogP contribution in [0.25, 0.3) is 10.8 Å². The number of benzene rings is 2.